The molecule has 20 heavy (non-hydrogen) atoms. The Morgan fingerprint density at radius 2 is 2.10 bits per heavy atom. The van der Waals surface area contributed by atoms with Crippen LogP contribution >= 0.6 is 0 Å². The van der Waals surface area contributed by atoms with Gasteiger partial charge in [0.15, 0.2) is 5.84 Å². The summed E-state index contributed by atoms with van der Waals surface area (Å²) in [5.41, 5.74) is 7.64. The molecule has 4 nitrogen and oxygen atoms in total. The summed E-state index contributed by atoms with van der Waals surface area (Å²) in [4.78, 5) is 2.60. The first-order valence-corrected chi connectivity index (χ1v) is 7.55. The first kappa shape index (κ1) is 14.9. The molecule has 3 N–H and O–H groups in total. The predicted molar refractivity (Wildman–Crippen MR) is 81.9 cm³/mol. The van der Waals surface area contributed by atoms with Crippen molar-refractivity contribution in [3.05, 3.63) is 35.4 Å². The molecule has 1 saturated heterocycles. The summed E-state index contributed by atoms with van der Waals surface area (Å²) in [5, 5.41) is 11.7. The van der Waals surface area contributed by atoms with Gasteiger partial charge in [0.1, 0.15) is 0 Å². The molecule has 4 heteroatoms. The molecule has 0 spiro atoms. The lowest BCUT2D eigenvalue weighted by atomic mass is 9.97. The van der Waals surface area contributed by atoms with Crippen molar-refractivity contribution < 1.29 is 5.21 Å². The molecule has 0 radical (unpaired) electrons. The number of piperidine rings is 1. The monoisotopic (exact) mass is 275 g/mol. The number of hydrogen-bond donors (Lipinski definition) is 2. The van der Waals surface area contributed by atoms with E-state index in [9.17, 15) is 0 Å². The zero-order valence-electron chi connectivity index (χ0n) is 12.3. The third-order valence-electron chi connectivity index (χ3n) is 4.11. The maximum absolute atomic E-state index is 8.67. The second-order valence-corrected chi connectivity index (χ2v) is 5.59. The Bertz CT molecular complexity index is 440. The van der Waals surface area contributed by atoms with E-state index >= 15 is 0 Å². The van der Waals surface area contributed by atoms with Gasteiger partial charge in [0.2, 0.25) is 0 Å². The maximum Gasteiger partial charge on any atom is 0.170 e. The van der Waals surface area contributed by atoms with Crippen LogP contribution in [-0.2, 0) is 6.54 Å². The summed E-state index contributed by atoms with van der Waals surface area (Å²) in [6, 6.07) is 8.72. The molecule has 110 valence electrons. The highest BCUT2D eigenvalue weighted by Gasteiger charge is 2.21. The van der Waals surface area contributed by atoms with E-state index in [0.717, 1.165) is 18.2 Å². The van der Waals surface area contributed by atoms with Crippen molar-refractivity contribution in [2.24, 2.45) is 10.9 Å². The normalized spacial score (nSPS) is 21.1. The van der Waals surface area contributed by atoms with Gasteiger partial charge in [-0.05, 0) is 31.4 Å². The summed E-state index contributed by atoms with van der Waals surface area (Å²) in [6.07, 6.45) is 6.55. The number of hydrogen-bond acceptors (Lipinski definition) is 3. The largest absolute Gasteiger partial charge is 0.409 e. The quantitative estimate of drug-likeness (QED) is 0.376. The van der Waals surface area contributed by atoms with Gasteiger partial charge in [-0.3, -0.25) is 4.90 Å². The lowest BCUT2D eigenvalue weighted by Gasteiger charge is -2.35. The van der Waals surface area contributed by atoms with Gasteiger partial charge in [0.05, 0.1) is 0 Å². The molecular weight excluding hydrogens is 250 g/mol. The van der Waals surface area contributed by atoms with Gasteiger partial charge in [-0.15, -0.1) is 0 Å². The van der Waals surface area contributed by atoms with Gasteiger partial charge in [-0.2, -0.15) is 0 Å². The summed E-state index contributed by atoms with van der Waals surface area (Å²) >= 11 is 0. The highest BCUT2D eigenvalue weighted by molar-refractivity contribution is 5.96. The number of nitrogens with zero attached hydrogens (tertiary/aromatic N) is 2. The Labute approximate surface area is 121 Å². The van der Waals surface area contributed by atoms with Gasteiger partial charge in [0.25, 0.3) is 0 Å². The van der Waals surface area contributed by atoms with E-state index in [1.165, 1.54) is 44.2 Å². The third kappa shape index (κ3) is 3.73. The first-order valence-electron chi connectivity index (χ1n) is 7.55. The molecule has 1 aliphatic rings. The van der Waals surface area contributed by atoms with Crippen molar-refractivity contribution in [2.75, 3.05) is 6.54 Å². The predicted octanol–water partition coefficient (Wildman–Crippen LogP) is 2.94. The number of amidine groups is 1. The molecule has 1 aliphatic heterocycles. The number of likely N-dealkylation sites (tertiary alicyclic amines) is 1. The number of oxime groups is 1. The van der Waals surface area contributed by atoms with Gasteiger partial charge in [0, 0.05) is 18.2 Å². The summed E-state index contributed by atoms with van der Waals surface area (Å²) < 4.78 is 0. The van der Waals surface area contributed by atoms with Crippen LogP contribution in [0, 0.1) is 0 Å². The molecule has 1 fully saturated rings. The van der Waals surface area contributed by atoms with E-state index in [-0.39, 0.29) is 5.84 Å². The molecule has 0 saturated carbocycles. The number of benzene rings is 1. The van der Waals surface area contributed by atoms with Crippen LogP contribution in [0.1, 0.15) is 50.2 Å². The van der Waals surface area contributed by atoms with Crippen molar-refractivity contribution in [3.63, 3.8) is 0 Å². The Morgan fingerprint density at radius 3 is 2.75 bits per heavy atom. The molecule has 1 unspecified atom stereocenters. The van der Waals surface area contributed by atoms with E-state index in [1.54, 1.807) is 0 Å². The van der Waals surface area contributed by atoms with E-state index < -0.39 is 0 Å². The molecule has 0 aromatic heterocycles. The molecular formula is C16H25N3O. The van der Waals surface area contributed by atoms with Crippen molar-refractivity contribution in [1.29, 1.82) is 0 Å². The minimum atomic E-state index is 0.165. The van der Waals surface area contributed by atoms with Gasteiger partial charge in [-0.1, -0.05) is 49.2 Å². The molecule has 0 amide bonds. The van der Waals surface area contributed by atoms with Crippen LogP contribution in [0.2, 0.25) is 0 Å². The minimum Gasteiger partial charge on any atom is -0.409 e. The van der Waals surface area contributed by atoms with Crippen LogP contribution in [-0.4, -0.2) is 28.5 Å². The lowest BCUT2D eigenvalue weighted by molar-refractivity contribution is 0.131. The van der Waals surface area contributed by atoms with Crippen LogP contribution in [0.15, 0.2) is 29.4 Å². The van der Waals surface area contributed by atoms with Crippen LogP contribution in [0.3, 0.4) is 0 Å². The molecule has 1 aromatic rings. The van der Waals surface area contributed by atoms with Crippen molar-refractivity contribution in [3.8, 4) is 0 Å². The standard InChI is InChI=1S/C16H25N3O/c1-2-5-15-6-3-4-11-19(15)12-13-7-9-14(10-8-13)16(17)18-20/h7-10,15,20H,2-6,11-12H2,1H3,(H2,17,18). The van der Waals surface area contributed by atoms with Crippen LogP contribution in [0.4, 0.5) is 0 Å². The van der Waals surface area contributed by atoms with E-state index in [0.29, 0.717) is 0 Å². The fourth-order valence-electron chi connectivity index (χ4n) is 3.00. The summed E-state index contributed by atoms with van der Waals surface area (Å²) in [5.74, 6) is 0.165. The average molecular weight is 275 g/mol. The zero-order valence-corrected chi connectivity index (χ0v) is 12.3. The van der Waals surface area contributed by atoms with E-state index in [2.05, 4.69) is 29.1 Å². The Balaban J connectivity index is 2.01. The second-order valence-electron chi connectivity index (χ2n) is 5.59. The second kappa shape index (κ2) is 7.29. The van der Waals surface area contributed by atoms with Crippen LogP contribution in [0.25, 0.3) is 0 Å². The maximum atomic E-state index is 8.67. The summed E-state index contributed by atoms with van der Waals surface area (Å²) in [6.45, 7) is 4.46. The number of rotatable bonds is 5. The fraction of sp³-hybridized carbons (Fsp3) is 0.562. The smallest absolute Gasteiger partial charge is 0.170 e. The molecule has 2 rings (SSSR count). The highest BCUT2D eigenvalue weighted by Crippen LogP contribution is 2.23. The SMILES string of the molecule is CCCC1CCCCN1Cc1ccc(/C(N)=N/O)cc1. The fourth-order valence-corrected chi connectivity index (χ4v) is 3.00. The topological polar surface area (TPSA) is 61.8 Å². The average Bonchev–Trinajstić information content (AvgIpc) is 2.49. The molecule has 1 heterocycles. The molecule has 0 aliphatic carbocycles. The molecule has 1 aromatic carbocycles. The molecule has 1 atom stereocenters. The van der Waals surface area contributed by atoms with E-state index in [1.807, 2.05) is 12.1 Å². The third-order valence-corrected chi connectivity index (χ3v) is 4.11. The summed E-state index contributed by atoms with van der Waals surface area (Å²) in [7, 11) is 0. The van der Waals surface area contributed by atoms with Gasteiger partial charge < -0.3 is 10.9 Å². The Morgan fingerprint density at radius 1 is 1.35 bits per heavy atom. The van der Waals surface area contributed by atoms with Crippen molar-refractivity contribution in [1.82, 2.24) is 4.90 Å². The van der Waals surface area contributed by atoms with E-state index in [4.69, 9.17) is 10.9 Å². The van der Waals surface area contributed by atoms with Crippen LogP contribution in [0.5, 0.6) is 0 Å². The minimum absolute atomic E-state index is 0.165. The zero-order chi connectivity index (χ0) is 14.4. The van der Waals surface area contributed by atoms with Crippen LogP contribution < -0.4 is 5.73 Å². The van der Waals surface area contributed by atoms with Gasteiger partial charge in [-0.25, -0.2) is 0 Å². The highest BCUT2D eigenvalue weighted by atomic mass is 16.4. The van der Waals surface area contributed by atoms with Crippen molar-refractivity contribution in [2.45, 2.75) is 51.6 Å². The lowest BCUT2D eigenvalue weighted by Crippen LogP contribution is -2.38. The number of nitrogens with two attached hydrogens (primary N) is 1. The Hall–Kier alpha value is -1.55. The van der Waals surface area contributed by atoms with Gasteiger partial charge >= 0.3 is 0 Å². The van der Waals surface area contributed by atoms with Crippen molar-refractivity contribution >= 4 is 5.84 Å². The Kier molecular flexibility index (Phi) is 5.41. The first-order chi connectivity index (χ1) is 9.74. The molecule has 0 bridgehead atoms.